The summed E-state index contributed by atoms with van der Waals surface area (Å²) in [6, 6.07) is 12.2. The van der Waals surface area contributed by atoms with Gasteiger partial charge in [-0.25, -0.2) is 8.42 Å². The average Bonchev–Trinajstić information content (AvgIpc) is 2.69. The second-order valence-electron chi connectivity index (χ2n) is 6.36. The van der Waals surface area contributed by atoms with E-state index in [1.165, 1.54) is 22.5 Å². The van der Waals surface area contributed by atoms with Crippen molar-refractivity contribution in [1.29, 1.82) is 0 Å². The van der Waals surface area contributed by atoms with Crippen molar-refractivity contribution in [3.8, 4) is 5.75 Å². The molecule has 0 atom stereocenters. The van der Waals surface area contributed by atoms with Crippen molar-refractivity contribution in [2.75, 3.05) is 25.0 Å². The van der Waals surface area contributed by atoms with Gasteiger partial charge >= 0.3 is 0 Å². The lowest BCUT2D eigenvalue weighted by atomic mass is 10.1. The minimum atomic E-state index is -3.64. The molecule has 0 aliphatic carbocycles. The largest absolute Gasteiger partial charge is 0.492 e. The highest BCUT2D eigenvalue weighted by atomic mass is 32.2. The van der Waals surface area contributed by atoms with Gasteiger partial charge in [0, 0.05) is 19.2 Å². The van der Waals surface area contributed by atoms with Crippen molar-refractivity contribution in [3.05, 3.63) is 59.7 Å². The maximum absolute atomic E-state index is 12.8. The van der Waals surface area contributed by atoms with Crippen molar-refractivity contribution >= 4 is 27.7 Å². The number of carbonyl (C=O) groups is 1. The summed E-state index contributed by atoms with van der Waals surface area (Å²) in [5, 5.41) is 2.74. The molecule has 0 aromatic heterocycles. The molecule has 1 N–H and O–H groups in total. The third-order valence-electron chi connectivity index (χ3n) is 4.45. The summed E-state index contributed by atoms with van der Waals surface area (Å²) in [5.41, 5.74) is 2.31. The van der Waals surface area contributed by atoms with Crippen LogP contribution in [0.5, 0.6) is 5.75 Å². The van der Waals surface area contributed by atoms with E-state index in [2.05, 4.69) is 5.32 Å². The zero-order valence-corrected chi connectivity index (χ0v) is 18.1. The molecule has 0 aliphatic heterocycles. The van der Waals surface area contributed by atoms with Gasteiger partial charge in [0.15, 0.2) is 0 Å². The van der Waals surface area contributed by atoms with E-state index >= 15 is 0 Å². The molecule has 1 amide bonds. The van der Waals surface area contributed by atoms with E-state index < -0.39 is 10.0 Å². The van der Waals surface area contributed by atoms with Gasteiger partial charge in [0.1, 0.15) is 5.75 Å². The summed E-state index contributed by atoms with van der Waals surface area (Å²) in [4.78, 5) is 12.6. The summed E-state index contributed by atoms with van der Waals surface area (Å²) in [7, 11) is -3.64. The normalized spacial score (nSPS) is 11.8. The molecule has 2 aromatic carbocycles. The van der Waals surface area contributed by atoms with Crippen molar-refractivity contribution < 1.29 is 17.9 Å². The predicted molar refractivity (Wildman–Crippen MR) is 117 cm³/mol. The Kier molecular flexibility index (Phi) is 7.99. The van der Waals surface area contributed by atoms with Crippen molar-refractivity contribution in [2.24, 2.45) is 0 Å². The summed E-state index contributed by atoms with van der Waals surface area (Å²) in [6.07, 6.45) is 3.14. The van der Waals surface area contributed by atoms with Crippen LogP contribution < -0.4 is 10.1 Å². The lowest BCUT2D eigenvalue weighted by Gasteiger charge is -2.19. The first kappa shape index (κ1) is 22.6. The van der Waals surface area contributed by atoms with E-state index in [-0.39, 0.29) is 10.8 Å². The Bertz CT molecular complexity index is 980. The van der Waals surface area contributed by atoms with Crippen LogP contribution in [0.15, 0.2) is 53.4 Å². The maximum Gasteiger partial charge on any atom is 0.248 e. The molecule has 2 aromatic rings. The molecule has 6 nitrogen and oxygen atoms in total. The van der Waals surface area contributed by atoms with Gasteiger partial charge in [-0.2, -0.15) is 4.31 Å². The standard InChI is InChI=1S/C22H28N2O4S/c1-5-24(6-2)29(26,27)19-13-14-21(28-7-3)20(16-19)23-22(25)15-12-18-11-9-8-10-17(18)4/h8-16H,5-7H2,1-4H3,(H,23,25)/b15-12+. The number of nitrogens with one attached hydrogen (secondary N) is 1. The molecule has 0 spiro atoms. The van der Waals surface area contributed by atoms with Crippen LogP contribution in [0.1, 0.15) is 31.9 Å². The number of rotatable bonds is 9. The summed E-state index contributed by atoms with van der Waals surface area (Å²) in [5.74, 6) is 0.0511. The first-order valence-corrected chi connectivity index (χ1v) is 11.1. The smallest absolute Gasteiger partial charge is 0.248 e. The topological polar surface area (TPSA) is 75.7 Å². The summed E-state index contributed by atoms with van der Waals surface area (Å²) >= 11 is 0. The first-order chi connectivity index (χ1) is 13.8. The van der Waals surface area contributed by atoms with Gasteiger partial charge in [-0.1, -0.05) is 38.1 Å². The molecule has 2 rings (SSSR count). The van der Waals surface area contributed by atoms with Crippen LogP contribution in [-0.2, 0) is 14.8 Å². The number of benzene rings is 2. The van der Waals surface area contributed by atoms with Crippen LogP contribution in [0.25, 0.3) is 6.08 Å². The lowest BCUT2D eigenvalue weighted by Crippen LogP contribution is -2.30. The van der Waals surface area contributed by atoms with Gasteiger partial charge in [-0.05, 0) is 49.2 Å². The Labute approximate surface area is 173 Å². The third kappa shape index (κ3) is 5.68. The van der Waals surface area contributed by atoms with Crippen molar-refractivity contribution in [3.63, 3.8) is 0 Å². The number of carbonyl (C=O) groups excluding carboxylic acids is 1. The quantitative estimate of drug-likeness (QED) is 0.625. The molecule has 0 unspecified atom stereocenters. The predicted octanol–water partition coefficient (Wildman–Crippen LogP) is 4.08. The number of amides is 1. The van der Waals surface area contributed by atoms with Gasteiger partial charge in [-0.3, -0.25) is 4.79 Å². The van der Waals surface area contributed by atoms with Gasteiger partial charge in [-0.15, -0.1) is 0 Å². The molecule has 29 heavy (non-hydrogen) atoms. The fourth-order valence-corrected chi connectivity index (χ4v) is 4.36. The van der Waals surface area contributed by atoms with Crippen LogP contribution in [0.2, 0.25) is 0 Å². The second kappa shape index (κ2) is 10.2. The molecular weight excluding hydrogens is 388 g/mol. The van der Waals surface area contributed by atoms with Crippen LogP contribution >= 0.6 is 0 Å². The molecule has 0 aliphatic rings. The van der Waals surface area contributed by atoms with E-state index in [4.69, 9.17) is 4.74 Å². The maximum atomic E-state index is 12.8. The van der Waals surface area contributed by atoms with Gasteiger partial charge in [0.05, 0.1) is 17.2 Å². The third-order valence-corrected chi connectivity index (χ3v) is 6.50. The highest BCUT2D eigenvalue weighted by molar-refractivity contribution is 7.89. The molecule has 0 heterocycles. The number of hydrogen-bond donors (Lipinski definition) is 1. The Balaban J connectivity index is 2.32. The van der Waals surface area contributed by atoms with Crippen LogP contribution in [0.3, 0.4) is 0 Å². The minimum Gasteiger partial charge on any atom is -0.492 e. The number of ether oxygens (including phenoxy) is 1. The van der Waals surface area contributed by atoms with E-state index in [0.29, 0.717) is 31.1 Å². The lowest BCUT2D eigenvalue weighted by molar-refractivity contribution is -0.111. The molecule has 156 valence electrons. The second-order valence-corrected chi connectivity index (χ2v) is 8.30. The zero-order valence-electron chi connectivity index (χ0n) is 17.3. The first-order valence-electron chi connectivity index (χ1n) is 9.65. The Morgan fingerprint density at radius 1 is 1.10 bits per heavy atom. The molecule has 0 saturated carbocycles. The monoisotopic (exact) mass is 416 g/mol. The van der Waals surface area contributed by atoms with E-state index in [1.807, 2.05) is 38.1 Å². The van der Waals surface area contributed by atoms with E-state index in [0.717, 1.165) is 11.1 Å². The fourth-order valence-electron chi connectivity index (χ4n) is 2.87. The highest BCUT2D eigenvalue weighted by Gasteiger charge is 2.23. The van der Waals surface area contributed by atoms with Crippen LogP contribution in [-0.4, -0.2) is 38.3 Å². The Morgan fingerprint density at radius 2 is 1.79 bits per heavy atom. The average molecular weight is 417 g/mol. The summed E-state index contributed by atoms with van der Waals surface area (Å²) in [6.45, 7) is 8.49. The van der Waals surface area contributed by atoms with E-state index in [9.17, 15) is 13.2 Å². The number of hydrogen-bond acceptors (Lipinski definition) is 4. The zero-order chi connectivity index (χ0) is 21.4. The van der Waals surface area contributed by atoms with Gasteiger partial charge in [0.25, 0.3) is 0 Å². The fraction of sp³-hybridized carbons (Fsp3) is 0.318. The SMILES string of the molecule is CCOc1ccc(S(=O)(=O)N(CC)CC)cc1NC(=O)/C=C/c1ccccc1C. The number of sulfonamides is 1. The minimum absolute atomic E-state index is 0.114. The van der Waals surface area contributed by atoms with Crippen LogP contribution in [0, 0.1) is 6.92 Å². The molecule has 0 radical (unpaired) electrons. The number of nitrogens with zero attached hydrogens (tertiary/aromatic N) is 1. The van der Waals surface area contributed by atoms with Crippen molar-refractivity contribution in [2.45, 2.75) is 32.6 Å². The van der Waals surface area contributed by atoms with Crippen LogP contribution in [0.4, 0.5) is 5.69 Å². The molecule has 0 fully saturated rings. The molecule has 0 bridgehead atoms. The van der Waals surface area contributed by atoms with Gasteiger partial charge in [0.2, 0.25) is 15.9 Å². The highest BCUT2D eigenvalue weighted by Crippen LogP contribution is 2.29. The number of aryl methyl sites for hydroxylation is 1. The molecule has 7 heteroatoms. The molecular formula is C22H28N2O4S. The molecule has 0 saturated heterocycles. The Hall–Kier alpha value is -2.64. The Morgan fingerprint density at radius 3 is 2.41 bits per heavy atom. The van der Waals surface area contributed by atoms with E-state index in [1.54, 1.807) is 26.0 Å². The van der Waals surface area contributed by atoms with Crippen molar-refractivity contribution in [1.82, 2.24) is 4.31 Å². The summed E-state index contributed by atoms with van der Waals surface area (Å²) < 4.78 is 32.5. The number of anilines is 1. The van der Waals surface area contributed by atoms with Gasteiger partial charge < -0.3 is 10.1 Å².